The zero-order valence-corrected chi connectivity index (χ0v) is 11.9. The first-order valence-corrected chi connectivity index (χ1v) is 6.86. The largest absolute Gasteiger partial charge is 0.507 e. The van der Waals surface area contributed by atoms with Crippen LogP contribution in [-0.4, -0.2) is 11.0 Å². The summed E-state index contributed by atoms with van der Waals surface area (Å²) in [4.78, 5) is 12.0. The molecule has 1 amide bonds. The van der Waals surface area contributed by atoms with Crippen molar-refractivity contribution in [3.8, 4) is 5.75 Å². The van der Waals surface area contributed by atoms with E-state index in [1.54, 1.807) is 6.07 Å². The molecule has 0 spiro atoms. The van der Waals surface area contributed by atoms with Gasteiger partial charge in [0.2, 0.25) is 0 Å². The molecule has 4 heteroatoms. The van der Waals surface area contributed by atoms with Gasteiger partial charge in [-0.3, -0.25) is 4.79 Å². The number of nitrogens with one attached hydrogen (secondary N) is 1. The molecule has 0 atom stereocenters. The maximum Gasteiger partial charge on any atom is 0.259 e. The fraction of sp³-hybridized carbons (Fsp3) is 0.188. The summed E-state index contributed by atoms with van der Waals surface area (Å²) < 4.78 is 0. The molecule has 0 fully saturated rings. The van der Waals surface area contributed by atoms with Crippen LogP contribution in [0.25, 0.3) is 0 Å². The van der Waals surface area contributed by atoms with Crippen molar-refractivity contribution < 1.29 is 9.90 Å². The molecule has 0 aromatic heterocycles. The number of aromatic hydroxyl groups is 1. The third kappa shape index (κ3) is 3.52. The number of amides is 1. The maximum atomic E-state index is 12.0. The lowest BCUT2D eigenvalue weighted by Crippen LogP contribution is -2.12. The van der Waals surface area contributed by atoms with E-state index in [4.69, 9.17) is 11.6 Å². The summed E-state index contributed by atoms with van der Waals surface area (Å²) in [7, 11) is 0. The standard InChI is InChI=1S/C16H16ClNO2/c1-2-3-11-4-7-13(8-5-11)18-16(20)14-9-6-12(17)10-15(14)19/h4-10,19H,2-3H2,1H3,(H,18,20). The van der Waals surface area contributed by atoms with Crippen LogP contribution in [0.15, 0.2) is 42.5 Å². The first kappa shape index (κ1) is 14.4. The monoisotopic (exact) mass is 289 g/mol. The fourth-order valence-electron chi connectivity index (χ4n) is 1.94. The topological polar surface area (TPSA) is 49.3 Å². The number of aryl methyl sites for hydroxylation is 1. The first-order chi connectivity index (χ1) is 9.60. The van der Waals surface area contributed by atoms with Gasteiger partial charge in [0, 0.05) is 10.7 Å². The molecule has 104 valence electrons. The van der Waals surface area contributed by atoms with Crippen LogP contribution in [0.1, 0.15) is 29.3 Å². The van der Waals surface area contributed by atoms with E-state index in [2.05, 4.69) is 12.2 Å². The van der Waals surface area contributed by atoms with Gasteiger partial charge in [-0.25, -0.2) is 0 Å². The Bertz CT molecular complexity index is 608. The summed E-state index contributed by atoms with van der Waals surface area (Å²) in [6, 6.07) is 12.1. The minimum absolute atomic E-state index is 0.127. The zero-order chi connectivity index (χ0) is 14.5. The van der Waals surface area contributed by atoms with Crippen molar-refractivity contribution in [3.63, 3.8) is 0 Å². The fourth-order valence-corrected chi connectivity index (χ4v) is 2.10. The lowest BCUT2D eigenvalue weighted by atomic mass is 10.1. The van der Waals surface area contributed by atoms with Gasteiger partial charge in [0.25, 0.3) is 5.91 Å². The van der Waals surface area contributed by atoms with Crippen molar-refractivity contribution in [2.45, 2.75) is 19.8 Å². The summed E-state index contributed by atoms with van der Waals surface area (Å²) >= 11 is 5.74. The first-order valence-electron chi connectivity index (χ1n) is 6.49. The number of anilines is 1. The van der Waals surface area contributed by atoms with E-state index in [1.165, 1.54) is 17.7 Å². The molecule has 0 heterocycles. The van der Waals surface area contributed by atoms with Crippen molar-refractivity contribution in [2.24, 2.45) is 0 Å². The van der Waals surface area contributed by atoms with Crippen LogP contribution in [0.4, 0.5) is 5.69 Å². The van der Waals surface area contributed by atoms with Crippen LogP contribution >= 0.6 is 11.6 Å². The van der Waals surface area contributed by atoms with Crippen molar-refractivity contribution in [1.82, 2.24) is 0 Å². The van der Waals surface area contributed by atoms with E-state index in [9.17, 15) is 9.90 Å². The number of carbonyl (C=O) groups excluding carboxylic acids is 1. The van der Waals surface area contributed by atoms with Gasteiger partial charge in [0.05, 0.1) is 5.56 Å². The highest BCUT2D eigenvalue weighted by atomic mass is 35.5. The number of carbonyl (C=O) groups is 1. The quantitative estimate of drug-likeness (QED) is 0.884. The van der Waals surface area contributed by atoms with E-state index < -0.39 is 0 Å². The number of rotatable bonds is 4. The Morgan fingerprint density at radius 1 is 1.20 bits per heavy atom. The Labute approximate surface area is 123 Å². The van der Waals surface area contributed by atoms with Crippen LogP contribution in [0.5, 0.6) is 5.75 Å². The maximum absolute atomic E-state index is 12.0. The third-order valence-corrected chi connectivity index (χ3v) is 3.19. The van der Waals surface area contributed by atoms with Crippen LogP contribution in [0, 0.1) is 0 Å². The summed E-state index contributed by atoms with van der Waals surface area (Å²) in [6.07, 6.45) is 2.11. The molecule has 20 heavy (non-hydrogen) atoms. The van der Waals surface area contributed by atoms with Gasteiger partial charge in [0.15, 0.2) is 0 Å². The molecule has 0 saturated carbocycles. The molecule has 0 unspecified atom stereocenters. The normalized spacial score (nSPS) is 10.3. The number of benzene rings is 2. The molecule has 2 aromatic rings. The summed E-state index contributed by atoms with van der Waals surface area (Å²) in [5.41, 5.74) is 2.14. The highest BCUT2D eigenvalue weighted by Gasteiger charge is 2.11. The lowest BCUT2D eigenvalue weighted by Gasteiger charge is -2.08. The molecular formula is C16H16ClNO2. The zero-order valence-electron chi connectivity index (χ0n) is 11.2. The Morgan fingerprint density at radius 3 is 2.50 bits per heavy atom. The van der Waals surface area contributed by atoms with E-state index >= 15 is 0 Å². The molecule has 0 aliphatic rings. The van der Waals surface area contributed by atoms with E-state index in [-0.39, 0.29) is 17.2 Å². The molecule has 2 aromatic carbocycles. The number of hydrogen-bond acceptors (Lipinski definition) is 2. The Kier molecular flexibility index (Phi) is 4.64. The second kappa shape index (κ2) is 6.44. The van der Waals surface area contributed by atoms with Gasteiger partial charge in [-0.15, -0.1) is 0 Å². The average Bonchev–Trinajstić information content (AvgIpc) is 2.41. The van der Waals surface area contributed by atoms with Gasteiger partial charge in [0.1, 0.15) is 5.75 Å². The molecular weight excluding hydrogens is 274 g/mol. The number of hydrogen-bond donors (Lipinski definition) is 2. The predicted octanol–water partition coefficient (Wildman–Crippen LogP) is 4.25. The molecule has 2 N–H and O–H groups in total. The molecule has 0 saturated heterocycles. The summed E-state index contributed by atoms with van der Waals surface area (Å²) in [5.74, 6) is -0.486. The highest BCUT2D eigenvalue weighted by Crippen LogP contribution is 2.23. The lowest BCUT2D eigenvalue weighted by molar-refractivity contribution is 0.102. The van der Waals surface area contributed by atoms with Gasteiger partial charge < -0.3 is 10.4 Å². The van der Waals surface area contributed by atoms with Crippen LogP contribution < -0.4 is 5.32 Å². The highest BCUT2D eigenvalue weighted by molar-refractivity contribution is 6.30. The Balaban J connectivity index is 2.11. The van der Waals surface area contributed by atoms with Gasteiger partial charge >= 0.3 is 0 Å². The summed E-state index contributed by atoms with van der Waals surface area (Å²) in [6.45, 7) is 2.12. The molecule has 0 radical (unpaired) electrons. The SMILES string of the molecule is CCCc1ccc(NC(=O)c2ccc(Cl)cc2O)cc1. The predicted molar refractivity (Wildman–Crippen MR) is 81.5 cm³/mol. The number of phenols is 1. The molecule has 0 aliphatic carbocycles. The summed E-state index contributed by atoms with van der Waals surface area (Å²) in [5, 5.41) is 12.8. The second-order valence-corrected chi connectivity index (χ2v) is 5.00. The van der Waals surface area contributed by atoms with Gasteiger partial charge in [-0.2, -0.15) is 0 Å². The average molecular weight is 290 g/mol. The van der Waals surface area contributed by atoms with Crippen molar-refractivity contribution in [2.75, 3.05) is 5.32 Å². The van der Waals surface area contributed by atoms with Crippen LogP contribution in [0.2, 0.25) is 5.02 Å². The second-order valence-electron chi connectivity index (χ2n) is 4.56. The molecule has 0 aliphatic heterocycles. The van der Waals surface area contributed by atoms with E-state index in [0.29, 0.717) is 10.7 Å². The molecule has 3 nitrogen and oxygen atoms in total. The van der Waals surface area contributed by atoms with Gasteiger partial charge in [-0.05, 0) is 42.3 Å². The van der Waals surface area contributed by atoms with Crippen molar-refractivity contribution >= 4 is 23.2 Å². The number of phenolic OH excluding ortho intramolecular Hbond substituents is 1. The van der Waals surface area contributed by atoms with Crippen molar-refractivity contribution in [1.29, 1.82) is 0 Å². The number of halogens is 1. The minimum atomic E-state index is -0.359. The van der Waals surface area contributed by atoms with Crippen LogP contribution in [0.3, 0.4) is 0 Å². The minimum Gasteiger partial charge on any atom is -0.507 e. The molecule has 0 bridgehead atoms. The van der Waals surface area contributed by atoms with E-state index in [1.807, 2.05) is 24.3 Å². The smallest absolute Gasteiger partial charge is 0.259 e. The molecule has 2 rings (SSSR count). The van der Waals surface area contributed by atoms with Crippen LogP contribution in [-0.2, 0) is 6.42 Å². The Morgan fingerprint density at radius 2 is 1.90 bits per heavy atom. The van der Waals surface area contributed by atoms with Crippen molar-refractivity contribution in [3.05, 3.63) is 58.6 Å². The van der Waals surface area contributed by atoms with Gasteiger partial charge in [-0.1, -0.05) is 37.1 Å². The van der Waals surface area contributed by atoms with E-state index in [0.717, 1.165) is 12.8 Å². The Hall–Kier alpha value is -2.00. The third-order valence-electron chi connectivity index (χ3n) is 2.95.